The fourth-order valence-electron chi connectivity index (χ4n) is 1.78. The van der Waals surface area contributed by atoms with Crippen LogP contribution in [0.3, 0.4) is 0 Å². The molecule has 4 heteroatoms. The van der Waals surface area contributed by atoms with Crippen LogP contribution in [0.1, 0.15) is 31.9 Å². The predicted octanol–water partition coefficient (Wildman–Crippen LogP) is 2.62. The second-order valence-corrected chi connectivity index (χ2v) is 5.89. The molecule has 1 unspecified atom stereocenters. The lowest BCUT2D eigenvalue weighted by molar-refractivity contribution is -0.144. The molecule has 4 nitrogen and oxygen atoms in total. The molecule has 0 saturated heterocycles. The average molecular weight is 275 g/mol. The molecule has 0 saturated carbocycles. The van der Waals surface area contributed by atoms with Gasteiger partial charge in [-0.15, -0.1) is 0 Å². The Balaban J connectivity index is 2.74. The molecule has 0 aromatic heterocycles. The van der Waals surface area contributed by atoms with Gasteiger partial charge >= 0.3 is 5.97 Å². The summed E-state index contributed by atoms with van der Waals surface area (Å²) in [6.45, 7) is 7.29. The summed E-state index contributed by atoms with van der Waals surface area (Å²) in [5, 5.41) is 11.7. The van der Waals surface area contributed by atoms with E-state index in [0.29, 0.717) is 0 Å². The molecule has 0 heterocycles. The standard InChI is InChI=1S/C16H21NO3/c1-11-6-5-7-12(10-11)8-9-13(18)17-14(15(19)20)16(2,3)4/h5-10,14H,1-4H3,(H,17,18)(H,19,20)/b9-8+. The van der Waals surface area contributed by atoms with E-state index in [9.17, 15) is 9.59 Å². The van der Waals surface area contributed by atoms with Crippen molar-refractivity contribution in [3.8, 4) is 0 Å². The molecule has 1 atom stereocenters. The van der Waals surface area contributed by atoms with Crippen molar-refractivity contribution < 1.29 is 14.7 Å². The summed E-state index contributed by atoms with van der Waals surface area (Å²) in [5.74, 6) is -1.44. The number of benzene rings is 1. The molecule has 0 spiro atoms. The highest BCUT2D eigenvalue weighted by Crippen LogP contribution is 2.19. The summed E-state index contributed by atoms with van der Waals surface area (Å²) in [6, 6.07) is 6.79. The number of carboxylic acids is 1. The van der Waals surface area contributed by atoms with Gasteiger partial charge < -0.3 is 10.4 Å². The number of nitrogens with one attached hydrogen (secondary N) is 1. The largest absolute Gasteiger partial charge is 0.480 e. The zero-order chi connectivity index (χ0) is 15.3. The number of carboxylic acid groups (broad SMARTS) is 1. The highest BCUT2D eigenvalue weighted by Gasteiger charge is 2.31. The monoisotopic (exact) mass is 275 g/mol. The van der Waals surface area contributed by atoms with Crippen LogP contribution in [0.25, 0.3) is 6.08 Å². The van der Waals surface area contributed by atoms with E-state index in [1.807, 2.05) is 31.2 Å². The first-order valence-electron chi connectivity index (χ1n) is 6.48. The molecule has 0 radical (unpaired) electrons. The Hall–Kier alpha value is -2.10. The minimum Gasteiger partial charge on any atom is -0.480 e. The third-order valence-corrected chi connectivity index (χ3v) is 2.87. The number of rotatable bonds is 4. The molecule has 2 N–H and O–H groups in total. The van der Waals surface area contributed by atoms with Gasteiger partial charge in [0.05, 0.1) is 0 Å². The van der Waals surface area contributed by atoms with E-state index in [-0.39, 0.29) is 0 Å². The Morgan fingerprint density at radius 1 is 1.30 bits per heavy atom. The number of carbonyl (C=O) groups excluding carboxylic acids is 1. The quantitative estimate of drug-likeness (QED) is 0.830. The van der Waals surface area contributed by atoms with Gasteiger partial charge in [0.25, 0.3) is 0 Å². The van der Waals surface area contributed by atoms with E-state index in [1.54, 1.807) is 26.8 Å². The van der Waals surface area contributed by atoms with Crippen molar-refractivity contribution in [1.29, 1.82) is 0 Å². The van der Waals surface area contributed by atoms with Crippen molar-refractivity contribution in [1.82, 2.24) is 5.32 Å². The van der Waals surface area contributed by atoms with Crippen LogP contribution in [0, 0.1) is 12.3 Å². The van der Waals surface area contributed by atoms with Crippen molar-refractivity contribution in [2.75, 3.05) is 0 Å². The van der Waals surface area contributed by atoms with Crippen LogP contribution in [0.2, 0.25) is 0 Å². The lowest BCUT2D eigenvalue weighted by Gasteiger charge is -2.27. The van der Waals surface area contributed by atoms with Gasteiger partial charge in [-0.05, 0) is 24.0 Å². The maximum Gasteiger partial charge on any atom is 0.326 e. The first kappa shape index (κ1) is 16.0. The van der Waals surface area contributed by atoms with Gasteiger partial charge in [0.15, 0.2) is 0 Å². The van der Waals surface area contributed by atoms with Gasteiger partial charge in [-0.25, -0.2) is 4.79 Å². The summed E-state index contributed by atoms with van der Waals surface area (Å²) in [6.07, 6.45) is 3.03. The van der Waals surface area contributed by atoms with Crippen molar-refractivity contribution in [2.24, 2.45) is 5.41 Å². The minimum absolute atomic E-state index is 0.408. The molecule has 0 aliphatic rings. The van der Waals surface area contributed by atoms with Crippen molar-refractivity contribution in [2.45, 2.75) is 33.7 Å². The van der Waals surface area contributed by atoms with E-state index in [1.165, 1.54) is 6.08 Å². The van der Waals surface area contributed by atoms with Crippen LogP contribution in [0.15, 0.2) is 30.3 Å². The molecule has 108 valence electrons. The topological polar surface area (TPSA) is 66.4 Å². The Labute approximate surface area is 119 Å². The maximum atomic E-state index is 11.8. The van der Waals surface area contributed by atoms with Gasteiger partial charge in [-0.2, -0.15) is 0 Å². The zero-order valence-corrected chi connectivity index (χ0v) is 12.3. The van der Waals surface area contributed by atoms with E-state index in [2.05, 4.69) is 5.32 Å². The molecular formula is C16H21NO3. The second-order valence-electron chi connectivity index (χ2n) is 5.89. The van der Waals surface area contributed by atoms with Gasteiger partial charge in [-0.1, -0.05) is 50.6 Å². The first-order valence-corrected chi connectivity index (χ1v) is 6.48. The molecule has 1 aromatic rings. The Bertz CT molecular complexity index is 527. The van der Waals surface area contributed by atoms with Crippen molar-refractivity contribution in [3.63, 3.8) is 0 Å². The first-order chi connectivity index (χ1) is 9.20. The van der Waals surface area contributed by atoms with Crippen molar-refractivity contribution in [3.05, 3.63) is 41.5 Å². The Kier molecular flexibility index (Phi) is 5.08. The second kappa shape index (κ2) is 6.37. The number of hydrogen-bond donors (Lipinski definition) is 2. The third kappa shape index (κ3) is 4.88. The van der Waals surface area contributed by atoms with Crippen LogP contribution in [-0.2, 0) is 9.59 Å². The van der Waals surface area contributed by atoms with Crippen LogP contribution in [0.4, 0.5) is 0 Å². The number of carbonyl (C=O) groups is 2. The zero-order valence-electron chi connectivity index (χ0n) is 12.3. The van der Waals surface area contributed by atoms with Crippen LogP contribution in [0.5, 0.6) is 0 Å². The third-order valence-electron chi connectivity index (χ3n) is 2.87. The molecule has 1 amide bonds. The predicted molar refractivity (Wildman–Crippen MR) is 79.2 cm³/mol. The fourth-order valence-corrected chi connectivity index (χ4v) is 1.78. The molecule has 0 bridgehead atoms. The van der Waals surface area contributed by atoms with Gasteiger partial charge in [-0.3, -0.25) is 4.79 Å². The Morgan fingerprint density at radius 3 is 2.45 bits per heavy atom. The molecule has 20 heavy (non-hydrogen) atoms. The van der Waals surface area contributed by atoms with Crippen molar-refractivity contribution >= 4 is 18.0 Å². The fraction of sp³-hybridized carbons (Fsp3) is 0.375. The molecule has 0 fully saturated rings. The summed E-state index contributed by atoms with van der Waals surface area (Å²) in [7, 11) is 0. The summed E-state index contributed by atoms with van der Waals surface area (Å²) in [4.78, 5) is 23.0. The van der Waals surface area contributed by atoms with Crippen LogP contribution in [-0.4, -0.2) is 23.0 Å². The van der Waals surface area contributed by atoms with Crippen LogP contribution < -0.4 is 5.32 Å². The molecular weight excluding hydrogens is 254 g/mol. The number of aryl methyl sites for hydroxylation is 1. The van der Waals surface area contributed by atoms with E-state index in [4.69, 9.17) is 5.11 Å². The summed E-state index contributed by atoms with van der Waals surface area (Å²) >= 11 is 0. The Morgan fingerprint density at radius 2 is 1.95 bits per heavy atom. The van der Waals surface area contributed by atoms with Gasteiger partial charge in [0.2, 0.25) is 5.91 Å². The summed E-state index contributed by atoms with van der Waals surface area (Å²) < 4.78 is 0. The lowest BCUT2D eigenvalue weighted by atomic mass is 9.87. The molecule has 0 aliphatic heterocycles. The average Bonchev–Trinajstić information content (AvgIpc) is 2.31. The lowest BCUT2D eigenvalue weighted by Crippen LogP contribution is -2.48. The van der Waals surface area contributed by atoms with E-state index in [0.717, 1.165) is 11.1 Å². The smallest absolute Gasteiger partial charge is 0.326 e. The number of hydrogen-bond acceptors (Lipinski definition) is 2. The molecule has 1 aromatic carbocycles. The highest BCUT2D eigenvalue weighted by molar-refractivity contribution is 5.94. The SMILES string of the molecule is Cc1cccc(/C=C/C(=O)NC(C(=O)O)C(C)(C)C)c1. The van der Waals surface area contributed by atoms with Gasteiger partial charge in [0.1, 0.15) is 6.04 Å². The maximum absolute atomic E-state index is 11.8. The minimum atomic E-state index is -1.03. The van der Waals surface area contributed by atoms with E-state index < -0.39 is 23.3 Å². The van der Waals surface area contributed by atoms with Gasteiger partial charge in [0, 0.05) is 6.08 Å². The van der Waals surface area contributed by atoms with Crippen LogP contribution >= 0.6 is 0 Å². The highest BCUT2D eigenvalue weighted by atomic mass is 16.4. The molecule has 1 rings (SSSR count). The number of aliphatic carboxylic acids is 1. The van der Waals surface area contributed by atoms with E-state index >= 15 is 0 Å². The number of amides is 1. The molecule has 0 aliphatic carbocycles. The summed E-state index contributed by atoms with van der Waals surface area (Å²) in [5.41, 5.74) is 1.46. The normalized spacial score (nSPS) is 13.2.